The van der Waals surface area contributed by atoms with Gasteiger partial charge in [-0.15, -0.1) is 24.8 Å². The Morgan fingerprint density at radius 2 is 2.08 bits per heavy atom. The summed E-state index contributed by atoms with van der Waals surface area (Å²) in [7, 11) is 0. The Hall–Kier alpha value is -1.82. The van der Waals surface area contributed by atoms with E-state index in [2.05, 4.69) is 15.6 Å². The van der Waals surface area contributed by atoms with Crippen molar-refractivity contribution in [3.05, 3.63) is 48.3 Å². The number of halogens is 2. The van der Waals surface area contributed by atoms with Crippen LogP contribution in [0.25, 0.3) is 0 Å². The van der Waals surface area contributed by atoms with Crippen LogP contribution in [0.3, 0.4) is 0 Å². The number of anilines is 1. The summed E-state index contributed by atoms with van der Waals surface area (Å²) >= 11 is 0. The Balaban J connectivity index is 0.00000156. The number of hydrogen-bond acceptors (Lipinski definition) is 4. The molecule has 1 atom stereocenters. The first kappa shape index (κ1) is 21.2. The minimum absolute atomic E-state index is 0. The fourth-order valence-electron chi connectivity index (χ4n) is 2.51. The van der Waals surface area contributed by atoms with Gasteiger partial charge in [-0.25, -0.2) is 0 Å². The van der Waals surface area contributed by atoms with Gasteiger partial charge in [-0.1, -0.05) is 6.92 Å². The summed E-state index contributed by atoms with van der Waals surface area (Å²) in [6.07, 6.45) is 3.38. The predicted octanol–water partition coefficient (Wildman–Crippen LogP) is 3.82. The molecule has 3 rings (SSSR count). The van der Waals surface area contributed by atoms with Gasteiger partial charge in [-0.2, -0.15) is 0 Å². The van der Waals surface area contributed by atoms with Gasteiger partial charge >= 0.3 is 0 Å². The average Bonchev–Trinajstić information content (AvgIpc) is 2.49. The van der Waals surface area contributed by atoms with Crippen LogP contribution in [0.4, 0.5) is 5.69 Å². The Morgan fingerprint density at radius 1 is 1.32 bits per heavy atom. The van der Waals surface area contributed by atoms with Crippen molar-refractivity contribution >= 4 is 36.4 Å². The number of pyridine rings is 1. The molecule has 1 fully saturated rings. The molecule has 2 aromatic rings. The van der Waals surface area contributed by atoms with Crippen LogP contribution in [-0.2, 0) is 4.79 Å². The number of carbonyl (C=O) groups is 1. The molecule has 7 heteroatoms. The number of nitrogens with one attached hydrogen (secondary N) is 2. The van der Waals surface area contributed by atoms with Crippen LogP contribution in [0.15, 0.2) is 42.7 Å². The molecule has 0 aliphatic carbocycles. The molecule has 25 heavy (non-hydrogen) atoms. The van der Waals surface area contributed by atoms with Crippen molar-refractivity contribution < 1.29 is 9.53 Å². The molecule has 0 bridgehead atoms. The SMILES string of the molecule is Cc1cc(NC(=O)C(C)C2CNC2)ccc1Oc1cccnc1.Cl.Cl. The third-order valence-corrected chi connectivity index (χ3v) is 4.24. The molecule has 2 N–H and O–H groups in total. The molecule has 2 heterocycles. The number of aryl methyl sites for hydroxylation is 1. The summed E-state index contributed by atoms with van der Waals surface area (Å²) in [6.45, 7) is 5.78. The maximum atomic E-state index is 12.3. The summed E-state index contributed by atoms with van der Waals surface area (Å²) in [5.41, 5.74) is 1.76. The van der Waals surface area contributed by atoms with Crippen molar-refractivity contribution in [1.29, 1.82) is 0 Å². The normalized spacial score (nSPS) is 14.3. The van der Waals surface area contributed by atoms with E-state index in [1.807, 2.05) is 44.2 Å². The van der Waals surface area contributed by atoms with Gasteiger partial charge in [0.1, 0.15) is 11.5 Å². The first-order valence-electron chi connectivity index (χ1n) is 7.83. The van der Waals surface area contributed by atoms with Crippen LogP contribution in [-0.4, -0.2) is 24.0 Å². The average molecular weight is 384 g/mol. The van der Waals surface area contributed by atoms with Gasteiger partial charge in [0.2, 0.25) is 5.91 Å². The maximum Gasteiger partial charge on any atom is 0.227 e. The third-order valence-electron chi connectivity index (χ3n) is 4.24. The zero-order valence-electron chi connectivity index (χ0n) is 14.2. The topological polar surface area (TPSA) is 63.2 Å². The lowest BCUT2D eigenvalue weighted by Gasteiger charge is -2.31. The van der Waals surface area contributed by atoms with E-state index in [1.54, 1.807) is 12.4 Å². The molecule has 1 amide bonds. The van der Waals surface area contributed by atoms with Crippen molar-refractivity contribution in [3.8, 4) is 11.5 Å². The van der Waals surface area contributed by atoms with Gasteiger partial charge < -0.3 is 15.4 Å². The van der Waals surface area contributed by atoms with Crippen molar-refractivity contribution in [2.45, 2.75) is 13.8 Å². The highest BCUT2D eigenvalue weighted by Gasteiger charge is 2.28. The van der Waals surface area contributed by atoms with Crippen LogP contribution in [0.2, 0.25) is 0 Å². The van der Waals surface area contributed by atoms with Crippen LogP contribution in [0, 0.1) is 18.8 Å². The highest BCUT2D eigenvalue weighted by Crippen LogP contribution is 2.27. The zero-order valence-corrected chi connectivity index (χ0v) is 15.8. The number of ether oxygens (including phenoxy) is 1. The molecule has 1 aromatic carbocycles. The molecule has 0 spiro atoms. The Bertz CT molecular complexity index is 694. The first-order chi connectivity index (χ1) is 11.1. The van der Waals surface area contributed by atoms with Gasteiger partial charge in [0.05, 0.1) is 6.20 Å². The van der Waals surface area contributed by atoms with Gasteiger partial charge in [0.15, 0.2) is 0 Å². The lowest BCUT2D eigenvalue weighted by atomic mass is 9.88. The minimum Gasteiger partial charge on any atom is -0.455 e. The summed E-state index contributed by atoms with van der Waals surface area (Å²) in [5.74, 6) is 1.97. The van der Waals surface area contributed by atoms with Gasteiger partial charge in [-0.05, 0) is 61.8 Å². The predicted molar refractivity (Wildman–Crippen MR) is 104 cm³/mol. The zero-order chi connectivity index (χ0) is 16.2. The smallest absolute Gasteiger partial charge is 0.227 e. The number of aromatic nitrogens is 1. The maximum absolute atomic E-state index is 12.3. The van der Waals surface area contributed by atoms with Crippen LogP contribution in [0.1, 0.15) is 12.5 Å². The van der Waals surface area contributed by atoms with E-state index in [-0.39, 0.29) is 36.6 Å². The van der Waals surface area contributed by atoms with E-state index in [1.165, 1.54) is 0 Å². The monoisotopic (exact) mass is 383 g/mol. The number of benzene rings is 1. The Kier molecular flexibility index (Phi) is 8.16. The van der Waals surface area contributed by atoms with E-state index in [0.717, 1.165) is 30.1 Å². The first-order valence-corrected chi connectivity index (χ1v) is 7.83. The van der Waals surface area contributed by atoms with Crippen molar-refractivity contribution in [2.24, 2.45) is 11.8 Å². The molecule has 1 saturated heterocycles. The quantitative estimate of drug-likeness (QED) is 0.823. The molecular weight excluding hydrogens is 361 g/mol. The fraction of sp³-hybridized carbons (Fsp3) is 0.333. The summed E-state index contributed by atoms with van der Waals surface area (Å²) in [5, 5.41) is 6.19. The molecule has 1 aliphatic heterocycles. The van der Waals surface area contributed by atoms with Gasteiger partial charge in [0, 0.05) is 17.8 Å². The Morgan fingerprint density at radius 3 is 2.64 bits per heavy atom. The second kappa shape index (κ2) is 9.61. The van der Waals surface area contributed by atoms with E-state index >= 15 is 0 Å². The van der Waals surface area contributed by atoms with Crippen molar-refractivity contribution in [2.75, 3.05) is 18.4 Å². The lowest BCUT2D eigenvalue weighted by molar-refractivity contribution is -0.121. The highest BCUT2D eigenvalue weighted by atomic mass is 35.5. The van der Waals surface area contributed by atoms with E-state index < -0.39 is 0 Å². The molecule has 5 nitrogen and oxygen atoms in total. The van der Waals surface area contributed by atoms with E-state index in [4.69, 9.17) is 4.74 Å². The summed E-state index contributed by atoms with van der Waals surface area (Å²) in [4.78, 5) is 16.3. The lowest BCUT2D eigenvalue weighted by Crippen LogP contribution is -2.48. The van der Waals surface area contributed by atoms with Crippen LogP contribution < -0.4 is 15.4 Å². The van der Waals surface area contributed by atoms with Crippen LogP contribution >= 0.6 is 24.8 Å². The van der Waals surface area contributed by atoms with Gasteiger partial charge in [-0.3, -0.25) is 9.78 Å². The second-order valence-electron chi connectivity index (χ2n) is 5.97. The molecule has 1 aromatic heterocycles. The number of carbonyl (C=O) groups excluding carboxylic acids is 1. The van der Waals surface area contributed by atoms with E-state index in [0.29, 0.717) is 11.7 Å². The highest BCUT2D eigenvalue weighted by molar-refractivity contribution is 5.92. The third kappa shape index (κ3) is 5.33. The summed E-state index contributed by atoms with van der Waals surface area (Å²) in [6, 6.07) is 9.34. The number of amides is 1. The standard InChI is InChI=1S/C18H21N3O2.2ClH/c1-12-8-15(21-18(22)13(2)14-9-20-10-14)5-6-17(12)23-16-4-3-7-19-11-16;;/h3-8,11,13-14,20H,9-10H2,1-2H3,(H,21,22);2*1H. The fourth-order valence-corrected chi connectivity index (χ4v) is 2.51. The van der Waals surface area contributed by atoms with Crippen LogP contribution in [0.5, 0.6) is 11.5 Å². The van der Waals surface area contributed by atoms with E-state index in [9.17, 15) is 4.79 Å². The molecule has 136 valence electrons. The molecule has 1 unspecified atom stereocenters. The number of nitrogens with zero attached hydrogens (tertiary/aromatic N) is 1. The van der Waals surface area contributed by atoms with Crippen molar-refractivity contribution in [3.63, 3.8) is 0 Å². The largest absolute Gasteiger partial charge is 0.455 e. The molecule has 1 aliphatic rings. The summed E-state index contributed by atoms with van der Waals surface area (Å²) < 4.78 is 5.80. The second-order valence-corrected chi connectivity index (χ2v) is 5.97. The number of hydrogen-bond donors (Lipinski definition) is 2. The van der Waals surface area contributed by atoms with Crippen molar-refractivity contribution in [1.82, 2.24) is 10.3 Å². The molecule has 0 radical (unpaired) electrons. The number of rotatable bonds is 5. The molecular formula is C18H23Cl2N3O2. The van der Waals surface area contributed by atoms with Gasteiger partial charge in [0.25, 0.3) is 0 Å². The minimum atomic E-state index is 0. The molecule has 0 saturated carbocycles. The Labute approximate surface area is 160 Å².